The highest BCUT2D eigenvalue weighted by atomic mass is 32.1. The predicted octanol–water partition coefficient (Wildman–Crippen LogP) is 5.61. The number of aryl methyl sites for hydroxylation is 2. The minimum atomic E-state index is -0.746. The summed E-state index contributed by atoms with van der Waals surface area (Å²) in [6.45, 7) is 7.85. The van der Waals surface area contributed by atoms with E-state index in [0.29, 0.717) is 43.4 Å². The maximum absolute atomic E-state index is 14.3. The first-order valence-electron chi connectivity index (χ1n) is 14.6. The van der Waals surface area contributed by atoms with Gasteiger partial charge in [-0.1, -0.05) is 53.8 Å². The first kappa shape index (κ1) is 29.9. The SMILES string of the molecule is COc1ccc(C2C(C(=O)Nc3ccccc3C)=C(C)N=c3s/c(=C\c4cc(C)n(-c5ccccc5)c4C)c(=O)n32)cc1OC. The van der Waals surface area contributed by atoms with Crippen LogP contribution in [0.2, 0.25) is 0 Å². The molecule has 0 spiro atoms. The van der Waals surface area contributed by atoms with Crippen molar-refractivity contribution in [2.45, 2.75) is 33.7 Å². The smallest absolute Gasteiger partial charge is 0.271 e. The van der Waals surface area contributed by atoms with Gasteiger partial charge in [0, 0.05) is 22.8 Å². The van der Waals surface area contributed by atoms with Crippen LogP contribution in [0.15, 0.2) is 99.9 Å². The van der Waals surface area contributed by atoms with Gasteiger partial charge in [-0.25, -0.2) is 4.99 Å². The Balaban J connectivity index is 1.52. The Bertz CT molecular complexity index is 2150. The molecule has 0 radical (unpaired) electrons. The zero-order valence-electron chi connectivity index (χ0n) is 26.0. The van der Waals surface area contributed by atoms with E-state index in [1.165, 1.54) is 11.3 Å². The zero-order valence-corrected chi connectivity index (χ0v) is 26.9. The lowest BCUT2D eigenvalue weighted by Gasteiger charge is -2.26. The molecule has 0 saturated heterocycles. The molecule has 1 aliphatic heterocycles. The van der Waals surface area contributed by atoms with Gasteiger partial charge in [-0.05, 0) is 86.9 Å². The van der Waals surface area contributed by atoms with Gasteiger partial charge in [-0.15, -0.1) is 0 Å². The van der Waals surface area contributed by atoms with Crippen LogP contribution in [-0.4, -0.2) is 29.3 Å². The Morgan fingerprint density at radius 2 is 1.62 bits per heavy atom. The van der Waals surface area contributed by atoms with Crippen molar-refractivity contribution < 1.29 is 14.3 Å². The summed E-state index contributed by atoms with van der Waals surface area (Å²) in [7, 11) is 3.13. The molecule has 0 aliphatic carbocycles. The number of hydrogen-bond acceptors (Lipinski definition) is 6. The molecule has 45 heavy (non-hydrogen) atoms. The maximum Gasteiger partial charge on any atom is 0.271 e. The summed E-state index contributed by atoms with van der Waals surface area (Å²) in [6, 6.07) is 24.5. The number of hydrogen-bond donors (Lipinski definition) is 1. The summed E-state index contributed by atoms with van der Waals surface area (Å²) in [5.41, 5.74) is 7.10. The van der Waals surface area contributed by atoms with Gasteiger partial charge in [-0.2, -0.15) is 0 Å². The number of para-hydroxylation sites is 2. The Morgan fingerprint density at radius 1 is 0.911 bits per heavy atom. The molecule has 3 heterocycles. The molecular formula is C36H34N4O4S. The summed E-state index contributed by atoms with van der Waals surface area (Å²) >= 11 is 1.31. The average molecular weight is 619 g/mol. The molecule has 228 valence electrons. The lowest BCUT2D eigenvalue weighted by atomic mass is 9.94. The van der Waals surface area contributed by atoms with Crippen molar-refractivity contribution in [3.05, 3.63) is 138 Å². The van der Waals surface area contributed by atoms with E-state index in [9.17, 15) is 9.59 Å². The van der Waals surface area contributed by atoms with Crippen LogP contribution in [0.4, 0.5) is 5.69 Å². The van der Waals surface area contributed by atoms with E-state index in [1.807, 2.05) is 81.4 Å². The minimum Gasteiger partial charge on any atom is -0.493 e. The van der Waals surface area contributed by atoms with Crippen LogP contribution in [0.5, 0.6) is 11.5 Å². The molecule has 0 bridgehead atoms. The number of nitrogens with zero attached hydrogens (tertiary/aromatic N) is 3. The van der Waals surface area contributed by atoms with Crippen molar-refractivity contribution in [1.82, 2.24) is 9.13 Å². The quantitative estimate of drug-likeness (QED) is 0.257. The molecule has 0 fully saturated rings. The molecular weight excluding hydrogens is 584 g/mol. The Labute approximate surface area is 265 Å². The topological polar surface area (TPSA) is 86.9 Å². The zero-order chi connectivity index (χ0) is 31.8. The molecule has 6 rings (SSSR count). The number of anilines is 1. The van der Waals surface area contributed by atoms with Crippen LogP contribution < -0.4 is 29.7 Å². The predicted molar refractivity (Wildman–Crippen MR) is 178 cm³/mol. The highest BCUT2D eigenvalue weighted by Crippen LogP contribution is 2.36. The number of rotatable bonds is 7. The number of fused-ring (bicyclic) bond motifs is 1. The molecule has 0 saturated carbocycles. The van der Waals surface area contributed by atoms with E-state index in [0.717, 1.165) is 28.2 Å². The van der Waals surface area contributed by atoms with Gasteiger partial charge in [0.25, 0.3) is 11.5 Å². The summed E-state index contributed by atoms with van der Waals surface area (Å²) in [4.78, 5) is 33.6. The van der Waals surface area contributed by atoms with E-state index in [4.69, 9.17) is 14.5 Å². The highest BCUT2D eigenvalue weighted by Gasteiger charge is 2.33. The second-order valence-corrected chi connectivity index (χ2v) is 12.0. The fourth-order valence-corrected chi connectivity index (χ4v) is 6.94. The average Bonchev–Trinajstić information content (AvgIpc) is 3.50. The Kier molecular flexibility index (Phi) is 8.03. The fraction of sp³-hybridized carbons (Fsp3) is 0.194. The molecule has 3 aromatic carbocycles. The molecule has 2 aromatic heterocycles. The third kappa shape index (κ3) is 5.40. The highest BCUT2D eigenvalue weighted by molar-refractivity contribution is 7.07. The van der Waals surface area contributed by atoms with E-state index >= 15 is 0 Å². The number of aromatic nitrogens is 2. The van der Waals surface area contributed by atoms with Crippen LogP contribution >= 0.6 is 11.3 Å². The lowest BCUT2D eigenvalue weighted by Crippen LogP contribution is -2.40. The van der Waals surface area contributed by atoms with Crippen molar-refractivity contribution in [2.75, 3.05) is 19.5 Å². The molecule has 1 atom stereocenters. The normalized spacial score (nSPS) is 14.6. The van der Waals surface area contributed by atoms with Crippen molar-refractivity contribution in [2.24, 2.45) is 4.99 Å². The summed E-state index contributed by atoms with van der Waals surface area (Å²) in [5, 5.41) is 3.05. The van der Waals surface area contributed by atoms with Crippen LogP contribution in [0, 0.1) is 20.8 Å². The standard InChI is InChI=1S/C36H34N4O4S/c1-21-12-10-11-15-28(21)38-34(41)32-23(3)37-36-40(33(32)25-16-17-29(43-5)30(19-25)44-6)35(42)31(45-36)20-26-18-22(2)39(24(26)4)27-13-8-7-9-14-27/h7-20,33H,1-6H3,(H,38,41)/b31-20-. The van der Waals surface area contributed by atoms with Crippen molar-refractivity contribution >= 4 is 29.0 Å². The number of nitrogens with one attached hydrogen (secondary N) is 1. The molecule has 1 unspecified atom stereocenters. The molecule has 5 aromatic rings. The van der Waals surface area contributed by atoms with Gasteiger partial charge in [-0.3, -0.25) is 14.2 Å². The van der Waals surface area contributed by atoms with Crippen molar-refractivity contribution in [1.29, 1.82) is 0 Å². The third-order valence-electron chi connectivity index (χ3n) is 8.15. The number of thiazole rings is 1. The van der Waals surface area contributed by atoms with Gasteiger partial charge in [0.1, 0.15) is 0 Å². The monoisotopic (exact) mass is 618 g/mol. The van der Waals surface area contributed by atoms with Gasteiger partial charge in [0.15, 0.2) is 16.3 Å². The molecule has 1 amide bonds. The van der Waals surface area contributed by atoms with Gasteiger partial charge < -0.3 is 19.4 Å². The number of carbonyl (C=O) groups excluding carboxylic acids is 1. The second-order valence-electron chi connectivity index (χ2n) is 11.0. The number of ether oxygens (including phenoxy) is 2. The lowest BCUT2D eigenvalue weighted by molar-refractivity contribution is -0.113. The van der Waals surface area contributed by atoms with Crippen LogP contribution in [-0.2, 0) is 4.79 Å². The molecule has 1 N–H and O–H groups in total. The van der Waals surface area contributed by atoms with Gasteiger partial charge in [0.05, 0.1) is 36.1 Å². The number of benzene rings is 3. The molecule has 8 nitrogen and oxygen atoms in total. The second kappa shape index (κ2) is 12.1. The number of amides is 1. The number of carbonyl (C=O) groups is 1. The van der Waals surface area contributed by atoms with E-state index in [-0.39, 0.29) is 11.5 Å². The number of methoxy groups -OCH3 is 2. The summed E-state index contributed by atoms with van der Waals surface area (Å²) < 4.78 is 15.4. The third-order valence-corrected chi connectivity index (χ3v) is 9.14. The number of allylic oxidation sites excluding steroid dienone is 1. The first-order chi connectivity index (χ1) is 21.7. The van der Waals surface area contributed by atoms with Gasteiger partial charge >= 0.3 is 0 Å². The van der Waals surface area contributed by atoms with Crippen molar-refractivity contribution in [3.8, 4) is 17.2 Å². The van der Waals surface area contributed by atoms with E-state index < -0.39 is 6.04 Å². The Hall–Kier alpha value is -5.15. The van der Waals surface area contributed by atoms with Crippen LogP contribution in [0.3, 0.4) is 0 Å². The maximum atomic E-state index is 14.3. The summed E-state index contributed by atoms with van der Waals surface area (Å²) in [5.74, 6) is 0.721. The van der Waals surface area contributed by atoms with Crippen molar-refractivity contribution in [3.63, 3.8) is 0 Å². The summed E-state index contributed by atoms with van der Waals surface area (Å²) in [6.07, 6.45) is 1.92. The van der Waals surface area contributed by atoms with Gasteiger partial charge in [0.2, 0.25) is 0 Å². The molecule has 9 heteroatoms. The van der Waals surface area contributed by atoms with Crippen LogP contribution in [0.25, 0.3) is 11.8 Å². The first-order valence-corrected chi connectivity index (χ1v) is 15.4. The fourth-order valence-electron chi connectivity index (χ4n) is 5.90. The molecule has 1 aliphatic rings. The Morgan fingerprint density at radius 3 is 2.33 bits per heavy atom. The minimum absolute atomic E-state index is 0.225. The van der Waals surface area contributed by atoms with E-state index in [2.05, 4.69) is 35.0 Å². The van der Waals surface area contributed by atoms with E-state index in [1.54, 1.807) is 24.9 Å². The largest absolute Gasteiger partial charge is 0.493 e. The van der Waals surface area contributed by atoms with Crippen LogP contribution in [0.1, 0.15) is 41.0 Å².